The molecule has 0 aliphatic carbocycles. The number of nitrogens with one attached hydrogen (secondary N) is 2. The zero-order valence-electron chi connectivity index (χ0n) is 9.24. The minimum atomic E-state index is -0.275. The van der Waals surface area contributed by atoms with Crippen LogP contribution in [-0.2, 0) is 0 Å². The number of carbonyl (C=O) groups excluding carboxylic acids is 1. The first-order valence-electron chi connectivity index (χ1n) is 4.91. The molecule has 0 aliphatic rings. The summed E-state index contributed by atoms with van der Waals surface area (Å²) in [4.78, 5) is 11.8. The number of amides is 1. The number of ether oxygens (including phenoxy) is 1. The van der Waals surface area contributed by atoms with Crippen molar-refractivity contribution >= 4 is 23.2 Å². The summed E-state index contributed by atoms with van der Waals surface area (Å²) in [6, 6.07) is 6.99. The molecule has 86 valence electrons. The molecule has 0 bridgehead atoms. The summed E-state index contributed by atoms with van der Waals surface area (Å²) < 4.78 is 5.08. The Labute approximate surface area is 100.0 Å². The largest absolute Gasteiger partial charge is 0.496 e. The number of thiocarbonyl (C=S) groups is 1. The molecule has 5 heteroatoms. The monoisotopic (exact) mass is 238 g/mol. The van der Waals surface area contributed by atoms with E-state index in [4.69, 9.17) is 17.0 Å². The van der Waals surface area contributed by atoms with Crippen molar-refractivity contribution in [1.29, 1.82) is 0 Å². The molecule has 0 saturated heterocycles. The number of para-hydroxylation sites is 1. The molecule has 0 fully saturated rings. The molecule has 4 nitrogen and oxygen atoms in total. The van der Waals surface area contributed by atoms with Crippen molar-refractivity contribution < 1.29 is 9.53 Å². The van der Waals surface area contributed by atoms with Crippen LogP contribution in [0.15, 0.2) is 24.3 Å². The minimum Gasteiger partial charge on any atom is -0.496 e. The van der Waals surface area contributed by atoms with E-state index in [0.717, 1.165) is 0 Å². The summed E-state index contributed by atoms with van der Waals surface area (Å²) in [5, 5.41) is 5.73. The Hall–Kier alpha value is -1.62. The number of carbonyl (C=O) groups is 1. The average molecular weight is 238 g/mol. The van der Waals surface area contributed by atoms with Crippen LogP contribution in [0.2, 0.25) is 0 Å². The third-order valence-electron chi connectivity index (χ3n) is 1.92. The van der Waals surface area contributed by atoms with Crippen molar-refractivity contribution in [2.75, 3.05) is 13.7 Å². The van der Waals surface area contributed by atoms with Crippen molar-refractivity contribution in [3.63, 3.8) is 0 Å². The van der Waals surface area contributed by atoms with E-state index in [1.54, 1.807) is 24.3 Å². The van der Waals surface area contributed by atoms with Crippen LogP contribution in [0, 0.1) is 0 Å². The van der Waals surface area contributed by atoms with Crippen molar-refractivity contribution in [1.82, 2.24) is 10.6 Å². The van der Waals surface area contributed by atoms with E-state index in [0.29, 0.717) is 23.0 Å². The van der Waals surface area contributed by atoms with Gasteiger partial charge < -0.3 is 10.1 Å². The SMILES string of the molecule is CCNC(=S)NC(=O)c1ccccc1OC. The molecule has 16 heavy (non-hydrogen) atoms. The highest BCUT2D eigenvalue weighted by Crippen LogP contribution is 2.16. The van der Waals surface area contributed by atoms with Crippen LogP contribution >= 0.6 is 12.2 Å². The highest BCUT2D eigenvalue weighted by atomic mass is 32.1. The molecule has 0 radical (unpaired) electrons. The van der Waals surface area contributed by atoms with Crippen molar-refractivity contribution in [3.05, 3.63) is 29.8 Å². The second-order valence-electron chi connectivity index (χ2n) is 3.01. The summed E-state index contributed by atoms with van der Waals surface area (Å²) in [5.41, 5.74) is 0.463. The van der Waals surface area contributed by atoms with E-state index >= 15 is 0 Å². The highest BCUT2D eigenvalue weighted by Gasteiger charge is 2.11. The lowest BCUT2D eigenvalue weighted by atomic mass is 10.2. The van der Waals surface area contributed by atoms with Crippen molar-refractivity contribution in [2.45, 2.75) is 6.92 Å². The fraction of sp³-hybridized carbons (Fsp3) is 0.273. The quantitative estimate of drug-likeness (QED) is 0.780. The first kappa shape index (κ1) is 12.4. The van der Waals surface area contributed by atoms with Gasteiger partial charge in [0.1, 0.15) is 5.75 Å². The Kier molecular flexibility index (Phi) is 4.72. The van der Waals surface area contributed by atoms with Gasteiger partial charge in [0.2, 0.25) is 0 Å². The van der Waals surface area contributed by atoms with Crippen LogP contribution in [0.25, 0.3) is 0 Å². The molecule has 0 unspecified atom stereocenters. The first-order valence-corrected chi connectivity index (χ1v) is 5.32. The van der Waals surface area contributed by atoms with E-state index in [-0.39, 0.29) is 5.91 Å². The lowest BCUT2D eigenvalue weighted by molar-refractivity contribution is 0.0974. The van der Waals surface area contributed by atoms with Crippen LogP contribution in [0.4, 0.5) is 0 Å². The number of benzene rings is 1. The number of methoxy groups -OCH3 is 1. The lowest BCUT2D eigenvalue weighted by Crippen LogP contribution is -2.39. The number of hydrogen-bond donors (Lipinski definition) is 2. The van der Waals surface area contributed by atoms with E-state index < -0.39 is 0 Å². The maximum absolute atomic E-state index is 11.8. The molecular weight excluding hydrogens is 224 g/mol. The van der Waals surface area contributed by atoms with Crippen LogP contribution in [0.5, 0.6) is 5.75 Å². The van der Waals surface area contributed by atoms with Gasteiger partial charge in [-0.3, -0.25) is 10.1 Å². The van der Waals surface area contributed by atoms with Gasteiger partial charge in [-0.2, -0.15) is 0 Å². The van der Waals surface area contributed by atoms with Gasteiger partial charge in [0.25, 0.3) is 5.91 Å². The molecule has 0 atom stereocenters. The molecule has 0 heterocycles. The second kappa shape index (κ2) is 6.07. The average Bonchev–Trinajstić information content (AvgIpc) is 2.29. The van der Waals surface area contributed by atoms with E-state index in [9.17, 15) is 4.79 Å². The Balaban J connectivity index is 2.76. The third-order valence-corrected chi connectivity index (χ3v) is 2.16. The number of rotatable bonds is 3. The molecule has 1 aromatic carbocycles. The molecule has 0 aliphatic heterocycles. The fourth-order valence-electron chi connectivity index (χ4n) is 1.21. The minimum absolute atomic E-state index is 0.275. The summed E-state index contributed by atoms with van der Waals surface area (Å²) in [6.07, 6.45) is 0. The Morgan fingerprint density at radius 2 is 2.12 bits per heavy atom. The van der Waals surface area contributed by atoms with Gasteiger partial charge in [-0.1, -0.05) is 12.1 Å². The maximum Gasteiger partial charge on any atom is 0.261 e. The zero-order valence-corrected chi connectivity index (χ0v) is 10.1. The maximum atomic E-state index is 11.8. The normalized spacial score (nSPS) is 9.38. The molecule has 1 rings (SSSR count). The van der Waals surface area contributed by atoms with Crippen LogP contribution in [-0.4, -0.2) is 24.7 Å². The molecule has 0 aromatic heterocycles. The van der Waals surface area contributed by atoms with Crippen LogP contribution in [0.3, 0.4) is 0 Å². The molecule has 1 aromatic rings. The smallest absolute Gasteiger partial charge is 0.261 e. The van der Waals surface area contributed by atoms with Gasteiger partial charge in [-0.05, 0) is 31.3 Å². The summed E-state index contributed by atoms with van der Waals surface area (Å²) in [5.74, 6) is 0.252. The van der Waals surface area contributed by atoms with Crippen LogP contribution in [0.1, 0.15) is 17.3 Å². The van der Waals surface area contributed by atoms with Crippen LogP contribution < -0.4 is 15.4 Å². The van der Waals surface area contributed by atoms with Gasteiger partial charge in [0.05, 0.1) is 12.7 Å². The summed E-state index contributed by atoms with van der Waals surface area (Å²) in [6.45, 7) is 2.58. The zero-order chi connectivity index (χ0) is 12.0. The fourth-order valence-corrected chi connectivity index (χ4v) is 1.44. The predicted molar refractivity (Wildman–Crippen MR) is 66.7 cm³/mol. The van der Waals surface area contributed by atoms with E-state index in [2.05, 4.69) is 10.6 Å². The topological polar surface area (TPSA) is 50.4 Å². The van der Waals surface area contributed by atoms with Crippen molar-refractivity contribution in [3.8, 4) is 5.75 Å². The predicted octanol–water partition coefficient (Wildman–Crippen LogP) is 1.32. The lowest BCUT2D eigenvalue weighted by Gasteiger charge is -2.10. The number of hydrogen-bond acceptors (Lipinski definition) is 3. The molecule has 2 N–H and O–H groups in total. The third kappa shape index (κ3) is 3.20. The molecule has 0 spiro atoms. The standard InChI is InChI=1S/C11H14N2O2S/c1-3-12-11(16)13-10(14)8-6-4-5-7-9(8)15-2/h4-7H,3H2,1-2H3,(H2,12,13,14,16). The Morgan fingerprint density at radius 3 is 2.75 bits per heavy atom. The van der Waals surface area contributed by atoms with E-state index in [1.165, 1.54) is 7.11 Å². The molecular formula is C11H14N2O2S. The summed E-state index contributed by atoms with van der Waals surface area (Å²) >= 11 is 4.93. The second-order valence-corrected chi connectivity index (χ2v) is 3.42. The highest BCUT2D eigenvalue weighted by molar-refractivity contribution is 7.80. The van der Waals surface area contributed by atoms with Crippen molar-refractivity contribution in [2.24, 2.45) is 0 Å². The first-order chi connectivity index (χ1) is 7.69. The molecule has 0 saturated carbocycles. The van der Waals surface area contributed by atoms with Gasteiger partial charge in [0, 0.05) is 6.54 Å². The van der Waals surface area contributed by atoms with Gasteiger partial charge in [-0.25, -0.2) is 0 Å². The molecule has 1 amide bonds. The Bertz CT molecular complexity index is 393. The van der Waals surface area contributed by atoms with Gasteiger partial charge in [0.15, 0.2) is 5.11 Å². The summed E-state index contributed by atoms with van der Waals surface area (Å²) in [7, 11) is 1.52. The Morgan fingerprint density at radius 1 is 1.44 bits per heavy atom. The van der Waals surface area contributed by atoms with E-state index in [1.807, 2.05) is 6.92 Å². The van der Waals surface area contributed by atoms with Gasteiger partial charge >= 0.3 is 0 Å². The van der Waals surface area contributed by atoms with Gasteiger partial charge in [-0.15, -0.1) is 0 Å².